The van der Waals surface area contributed by atoms with Crippen LogP contribution in [-0.4, -0.2) is 59.3 Å². The molecule has 0 spiro atoms. The molecule has 0 radical (unpaired) electrons. The first-order valence-corrected chi connectivity index (χ1v) is 13.9. The molecule has 9 nitrogen and oxygen atoms in total. The number of piperazine rings is 1. The second-order valence-electron chi connectivity index (χ2n) is 8.92. The van der Waals surface area contributed by atoms with Crippen LogP contribution in [0.1, 0.15) is 18.1 Å². The van der Waals surface area contributed by atoms with Crippen LogP contribution in [-0.2, 0) is 21.3 Å². The lowest BCUT2D eigenvalue weighted by molar-refractivity contribution is 0.105. The number of amides is 1. The lowest BCUT2D eigenvalue weighted by Crippen LogP contribution is -2.49. The molecular formula is C28H28F2N4O5S. The van der Waals surface area contributed by atoms with E-state index < -0.39 is 27.8 Å². The topological polar surface area (TPSA) is 103 Å². The van der Waals surface area contributed by atoms with E-state index >= 15 is 0 Å². The van der Waals surface area contributed by atoms with Gasteiger partial charge in [-0.15, -0.1) is 0 Å². The van der Waals surface area contributed by atoms with Gasteiger partial charge in [0.1, 0.15) is 11.9 Å². The molecule has 0 N–H and O–H groups in total. The van der Waals surface area contributed by atoms with Crippen molar-refractivity contribution in [3.63, 3.8) is 0 Å². The number of nitrogens with zero attached hydrogens (tertiary/aromatic N) is 4. The van der Waals surface area contributed by atoms with Crippen LogP contribution in [0.25, 0.3) is 0 Å². The van der Waals surface area contributed by atoms with Gasteiger partial charge in [0.15, 0.2) is 11.6 Å². The zero-order valence-corrected chi connectivity index (χ0v) is 22.8. The van der Waals surface area contributed by atoms with Crippen LogP contribution in [0.3, 0.4) is 0 Å². The molecule has 3 aromatic carbocycles. The molecule has 0 saturated carbocycles. The van der Waals surface area contributed by atoms with E-state index in [9.17, 15) is 27.3 Å². The van der Waals surface area contributed by atoms with E-state index in [0.717, 1.165) is 28.6 Å². The highest BCUT2D eigenvalue weighted by molar-refractivity contribution is 7.92. The normalized spacial score (nSPS) is 13.5. The number of nitriles is 1. The Hall–Kier alpha value is -4.37. The van der Waals surface area contributed by atoms with Gasteiger partial charge in [-0.3, -0.25) is 4.31 Å². The van der Waals surface area contributed by atoms with Gasteiger partial charge in [-0.25, -0.2) is 22.0 Å². The zero-order chi connectivity index (χ0) is 28.9. The largest absolute Gasteiger partial charge is 0.494 e. The second kappa shape index (κ2) is 12.2. The number of hydrogen-bond donors (Lipinski definition) is 0. The summed E-state index contributed by atoms with van der Waals surface area (Å²) < 4.78 is 66.3. The summed E-state index contributed by atoms with van der Waals surface area (Å²) in [6.07, 6.45) is -0.392. The highest BCUT2D eigenvalue weighted by Gasteiger charge is 2.28. The van der Waals surface area contributed by atoms with Crippen LogP contribution < -0.4 is 13.9 Å². The Kier molecular flexibility index (Phi) is 8.74. The molecule has 210 valence electrons. The third-order valence-corrected chi connectivity index (χ3v) is 8.27. The number of benzene rings is 3. The molecule has 0 atom stereocenters. The highest BCUT2D eigenvalue weighted by Crippen LogP contribution is 2.32. The predicted octanol–water partition coefficient (Wildman–Crippen LogP) is 4.52. The molecule has 1 aliphatic heterocycles. The van der Waals surface area contributed by atoms with E-state index in [4.69, 9.17) is 9.47 Å². The summed E-state index contributed by atoms with van der Waals surface area (Å²) in [5, 5.41) is 9.98. The van der Waals surface area contributed by atoms with Gasteiger partial charge in [0, 0.05) is 26.2 Å². The molecular weight excluding hydrogens is 542 g/mol. The summed E-state index contributed by atoms with van der Waals surface area (Å²) in [4.78, 5) is 15.4. The van der Waals surface area contributed by atoms with Gasteiger partial charge in [-0.1, -0.05) is 6.07 Å². The number of carbonyl (C=O) groups is 1. The van der Waals surface area contributed by atoms with Crippen molar-refractivity contribution >= 4 is 27.5 Å². The summed E-state index contributed by atoms with van der Waals surface area (Å²) >= 11 is 0. The molecule has 1 heterocycles. The number of halogens is 2. The van der Waals surface area contributed by atoms with Crippen LogP contribution in [0.5, 0.6) is 5.75 Å². The minimum absolute atomic E-state index is 0.0494. The fourth-order valence-electron chi connectivity index (χ4n) is 4.41. The molecule has 1 amide bonds. The van der Waals surface area contributed by atoms with Gasteiger partial charge in [0.25, 0.3) is 10.0 Å². The molecule has 0 bridgehead atoms. The summed E-state index contributed by atoms with van der Waals surface area (Å²) in [5.74, 6) is -1.24. The van der Waals surface area contributed by atoms with Crippen molar-refractivity contribution in [3.8, 4) is 11.8 Å². The molecule has 40 heavy (non-hydrogen) atoms. The van der Waals surface area contributed by atoms with Crippen molar-refractivity contribution < 1.29 is 31.5 Å². The fraction of sp³-hybridized carbons (Fsp3) is 0.286. The van der Waals surface area contributed by atoms with E-state index in [1.165, 1.54) is 31.4 Å². The van der Waals surface area contributed by atoms with Gasteiger partial charge in [0.05, 0.1) is 42.1 Å². The lowest BCUT2D eigenvalue weighted by atomic mass is 10.1. The molecule has 1 fully saturated rings. The average Bonchev–Trinajstić information content (AvgIpc) is 2.96. The van der Waals surface area contributed by atoms with E-state index in [0.29, 0.717) is 37.4 Å². The number of rotatable bonds is 8. The van der Waals surface area contributed by atoms with Crippen LogP contribution in [0.15, 0.2) is 65.6 Å². The highest BCUT2D eigenvalue weighted by atomic mass is 32.2. The fourth-order valence-corrected chi connectivity index (χ4v) is 5.85. The van der Waals surface area contributed by atoms with Gasteiger partial charge in [-0.05, 0) is 67.1 Å². The summed E-state index contributed by atoms with van der Waals surface area (Å²) in [7, 11) is -2.93. The van der Waals surface area contributed by atoms with Crippen molar-refractivity contribution in [2.75, 3.05) is 49.1 Å². The number of ether oxygens (including phenoxy) is 2. The lowest BCUT2D eigenvalue weighted by Gasteiger charge is -2.36. The number of hydrogen-bond acceptors (Lipinski definition) is 7. The average molecular weight is 571 g/mol. The predicted molar refractivity (Wildman–Crippen MR) is 145 cm³/mol. The zero-order valence-electron chi connectivity index (χ0n) is 22.0. The van der Waals surface area contributed by atoms with Crippen LogP contribution in [0.4, 0.5) is 25.0 Å². The first kappa shape index (κ1) is 28.6. The second-order valence-corrected chi connectivity index (χ2v) is 10.8. The van der Waals surface area contributed by atoms with Crippen molar-refractivity contribution in [2.45, 2.75) is 18.4 Å². The Balaban J connectivity index is 1.69. The van der Waals surface area contributed by atoms with Gasteiger partial charge < -0.3 is 19.3 Å². The molecule has 12 heteroatoms. The first-order chi connectivity index (χ1) is 19.2. The number of anilines is 2. The Morgan fingerprint density at radius 3 is 2.35 bits per heavy atom. The van der Waals surface area contributed by atoms with Crippen molar-refractivity contribution in [1.82, 2.24) is 4.90 Å². The quantitative estimate of drug-likeness (QED) is 0.392. The standard InChI is InChI=1S/C28H28F2N4O5S/c1-3-39-28(35)33-14-12-32(13-15-33)26-11-7-23(17-21(26)18-31)34(19-20-4-10-25(30)27(16-20)38-2)40(36,37)24-8-5-22(29)6-9-24/h4-11,16-17H,3,12-15,19H2,1-2H3. The van der Waals surface area contributed by atoms with Crippen LogP contribution >= 0.6 is 0 Å². The Morgan fingerprint density at radius 1 is 1.02 bits per heavy atom. The molecule has 0 aromatic heterocycles. The Bertz CT molecular complexity index is 1520. The minimum atomic E-state index is -4.23. The third kappa shape index (κ3) is 6.10. The minimum Gasteiger partial charge on any atom is -0.494 e. The van der Waals surface area contributed by atoms with Crippen molar-refractivity contribution in [2.24, 2.45) is 0 Å². The Labute approximate surface area is 231 Å². The van der Waals surface area contributed by atoms with E-state index in [-0.39, 0.29) is 35.0 Å². The third-order valence-electron chi connectivity index (χ3n) is 6.48. The maximum atomic E-state index is 14.0. The van der Waals surface area contributed by atoms with Crippen LogP contribution in [0, 0.1) is 23.0 Å². The molecule has 0 unspecified atom stereocenters. The number of methoxy groups -OCH3 is 1. The maximum Gasteiger partial charge on any atom is 0.409 e. The molecule has 3 aromatic rings. The van der Waals surface area contributed by atoms with Gasteiger partial charge in [-0.2, -0.15) is 5.26 Å². The summed E-state index contributed by atoms with van der Waals surface area (Å²) in [5.41, 5.74) is 1.45. The molecule has 1 aliphatic rings. The van der Waals surface area contributed by atoms with Gasteiger partial charge >= 0.3 is 6.09 Å². The number of sulfonamides is 1. The van der Waals surface area contributed by atoms with E-state index in [2.05, 4.69) is 6.07 Å². The van der Waals surface area contributed by atoms with Crippen molar-refractivity contribution in [1.29, 1.82) is 5.26 Å². The van der Waals surface area contributed by atoms with E-state index in [1.54, 1.807) is 24.0 Å². The van der Waals surface area contributed by atoms with Crippen molar-refractivity contribution in [3.05, 3.63) is 83.4 Å². The van der Waals surface area contributed by atoms with Gasteiger partial charge in [0.2, 0.25) is 0 Å². The molecule has 0 aliphatic carbocycles. The summed E-state index contributed by atoms with van der Waals surface area (Å²) in [6, 6.07) is 15.3. The van der Waals surface area contributed by atoms with Crippen LogP contribution in [0.2, 0.25) is 0 Å². The smallest absolute Gasteiger partial charge is 0.409 e. The molecule has 1 saturated heterocycles. The maximum absolute atomic E-state index is 14.0. The number of carbonyl (C=O) groups excluding carboxylic acids is 1. The summed E-state index contributed by atoms with van der Waals surface area (Å²) in [6.45, 7) is 3.53. The SMILES string of the molecule is CCOC(=O)N1CCN(c2ccc(N(Cc3ccc(F)c(OC)c3)S(=O)(=O)c3ccc(F)cc3)cc2C#N)CC1. The Morgan fingerprint density at radius 2 is 1.73 bits per heavy atom. The van der Waals surface area contributed by atoms with E-state index in [1.807, 2.05) is 4.90 Å². The molecule has 4 rings (SSSR count). The first-order valence-electron chi connectivity index (χ1n) is 12.5. The monoisotopic (exact) mass is 570 g/mol.